The SMILES string of the molecule is CCCn1cc(C(=O)[C@@H](NCCc2ccc(Cl)cc2)c2ccccc2)c2ccccc21. The fraction of sp³-hybridized carbons (Fsp3) is 0.222. The average molecular weight is 431 g/mol. The van der Waals surface area contributed by atoms with E-state index in [-0.39, 0.29) is 5.78 Å². The molecule has 0 aliphatic rings. The van der Waals surface area contributed by atoms with Gasteiger partial charge in [-0.25, -0.2) is 0 Å². The van der Waals surface area contributed by atoms with Crippen molar-refractivity contribution in [1.29, 1.82) is 0 Å². The van der Waals surface area contributed by atoms with Crippen LogP contribution in [0.1, 0.15) is 40.9 Å². The fourth-order valence-electron chi connectivity index (χ4n) is 4.04. The van der Waals surface area contributed by atoms with Crippen molar-refractivity contribution in [1.82, 2.24) is 9.88 Å². The van der Waals surface area contributed by atoms with Gasteiger partial charge in [-0.15, -0.1) is 0 Å². The Labute approximate surface area is 188 Å². The molecule has 1 atom stereocenters. The zero-order valence-electron chi connectivity index (χ0n) is 17.7. The van der Waals surface area contributed by atoms with Gasteiger partial charge in [0.2, 0.25) is 0 Å². The lowest BCUT2D eigenvalue weighted by molar-refractivity contribution is 0.0944. The Bertz CT molecular complexity index is 1150. The van der Waals surface area contributed by atoms with Crippen LogP contribution in [0, 0.1) is 0 Å². The lowest BCUT2D eigenvalue weighted by Crippen LogP contribution is -2.30. The average Bonchev–Trinajstić information content (AvgIpc) is 3.17. The van der Waals surface area contributed by atoms with Crippen molar-refractivity contribution in [2.75, 3.05) is 6.54 Å². The molecule has 3 aromatic carbocycles. The first kappa shape index (κ1) is 21.4. The Balaban J connectivity index is 1.62. The van der Waals surface area contributed by atoms with E-state index in [1.165, 1.54) is 5.56 Å². The van der Waals surface area contributed by atoms with E-state index in [0.717, 1.165) is 46.4 Å². The molecular weight excluding hydrogens is 404 g/mol. The molecule has 1 N–H and O–H groups in total. The molecule has 31 heavy (non-hydrogen) atoms. The highest BCUT2D eigenvalue weighted by Gasteiger charge is 2.24. The van der Waals surface area contributed by atoms with Gasteiger partial charge in [0.25, 0.3) is 0 Å². The lowest BCUT2D eigenvalue weighted by Gasteiger charge is -2.18. The summed E-state index contributed by atoms with van der Waals surface area (Å²) in [5.41, 5.74) is 4.06. The van der Waals surface area contributed by atoms with Crippen LogP contribution >= 0.6 is 11.6 Å². The van der Waals surface area contributed by atoms with Crippen LogP contribution in [0.15, 0.2) is 85.1 Å². The highest BCUT2D eigenvalue weighted by molar-refractivity contribution is 6.30. The maximum Gasteiger partial charge on any atom is 0.186 e. The number of hydrogen-bond acceptors (Lipinski definition) is 2. The summed E-state index contributed by atoms with van der Waals surface area (Å²) in [5.74, 6) is 0.105. The first-order valence-electron chi connectivity index (χ1n) is 10.8. The normalized spacial score (nSPS) is 12.2. The molecule has 4 aromatic rings. The van der Waals surface area contributed by atoms with Crippen LogP contribution in [0.3, 0.4) is 0 Å². The number of nitrogens with one attached hydrogen (secondary N) is 1. The molecule has 1 aromatic heterocycles. The van der Waals surface area contributed by atoms with Crippen LogP contribution in [0.25, 0.3) is 10.9 Å². The minimum atomic E-state index is -0.394. The smallest absolute Gasteiger partial charge is 0.186 e. The molecule has 4 heteroatoms. The minimum Gasteiger partial charge on any atom is -0.347 e. The topological polar surface area (TPSA) is 34.0 Å². The number of halogens is 1. The predicted octanol–water partition coefficient (Wildman–Crippen LogP) is 6.46. The molecule has 0 aliphatic carbocycles. The molecule has 0 bridgehead atoms. The van der Waals surface area contributed by atoms with Crippen molar-refractivity contribution in [3.05, 3.63) is 107 Å². The maximum absolute atomic E-state index is 13.8. The van der Waals surface area contributed by atoms with Crippen LogP contribution < -0.4 is 5.32 Å². The number of Topliss-reactive ketones (excluding diaryl/α,β-unsaturated/α-hetero) is 1. The van der Waals surface area contributed by atoms with E-state index < -0.39 is 6.04 Å². The second-order valence-corrected chi connectivity index (χ2v) is 8.23. The second-order valence-electron chi connectivity index (χ2n) is 7.79. The van der Waals surface area contributed by atoms with Gasteiger partial charge in [-0.2, -0.15) is 0 Å². The fourth-order valence-corrected chi connectivity index (χ4v) is 4.17. The molecule has 0 radical (unpaired) electrons. The second kappa shape index (κ2) is 9.95. The Hall–Kier alpha value is -2.88. The molecule has 0 fully saturated rings. The van der Waals surface area contributed by atoms with Gasteiger partial charge in [0.15, 0.2) is 5.78 Å². The quantitative estimate of drug-likeness (QED) is 0.309. The van der Waals surface area contributed by atoms with E-state index in [1.807, 2.05) is 79.0 Å². The monoisotopic (exact) mass is 430 g/mol. The van der Waals surface area contributed by atoms with Gasteiger partial charge in [0.05, 0.1) is 6.04 Å². The largest absolute Gasteiger partial charge is 0.347 e. The number of benzene rings is 3. The molecule has 0 saturated heterocycles. The third-order valence-electron chi connectivity index (χ3n) is 5.59. The molecule has 3 nitrogen and oxygen atoms in total. The highest BCUT2D eigenvalue weighted by atomic mass is 35.5. The number of rotatable bonds is 9. The number of aromatic nitrogens is 1. The van der Waals surface area contributed by atoms with Crippen molar-refractivity contribution in [2.45, 2.75) is 32.4 Å². The van der Waals surface area contributed by atoms with Gasteiger partial charge in [-0.3, -0.25) is 4.79 Å². The zero-order valence-corrected chi connectivity index (χ0v) is 18.5. The summed E-state index contributed by atoms with van der Waals surface area (Å²) >= 11 is 6.00. The van der Waals surface area contributed by atoms with Crippen molar-refractivity contribution in [2.24, 2.45) is 0 Å². The molecule has 0 unspecified atom stereocenters. The van der Waals surface area contributed by atoms with Crippen molar-refractivity contribution < 1.29 is 4.79 Å². The van der Waals surface area contributed by atoms with Crippen molar-refractivity contribution in [3.63, 3.8) is 0 Å². The molecule has 4 rings (SSSR count). The number of ketones is 1. The van der Waals surface area contributed by atoms with Crippen molar-refractivity contribution in [3.8, 4) is 0 Å². The van der Waals surface area contributed by atoms with E-state index in [1.54, 1.807) is 0 Å². The summed E-state index contributed by atoms with van der Waals surface area (Å²) in [6.07, 6.45) is 3.87. The van der Waals surface area contributed by atoms with Crippen LogP contribution in [0.5, 0.6) is 0 Å². The molecule has 0 amide bonds. The number of aryl methyl sites for hydroxylation is 1. The lowest BCUT2D eigenvalue weighted by atomic mass is 9.96. The standard InChI is InChI=1S/C27H27ClN2O/c1-2-18-30-19-24(23-10-6-7-11-25(23)30)27(31)26(21-8-4-3-5-9-21)29-17-16-20-12-14-22(28)15-13-20/h3-15,19,26,29H,2,16-18H2,1H3/t26-/m0/s1. The molecule has 0 spiro atoms. The molecule has 1 heterocycles. The first-order chi connectivity index (χ1) is 15.2. The summed E-state index contributed by atoms with van der Waals surface area (Å²) in [6.45, 7) is 3.75. The number of fused-ring (bicyclic) bond motifs is 1. The minimum absolute atomic E-state index is 0.105. The van der Waals surface area contributed by atoms with E-state index in [0.29, 0.717) is 6.54 Å². The number of carbonyl (C=O) groups is 1. The van der Waals surface area contributed by atoms with Gasteiger partial charge in [-0.05, 0) is 42.2 Å². The number of para-hydroxylation sites is 1. The van der Waals surface area contributed by atoms with Gasteiger partial charge in [-0.1, -0.05) is 79.2 Å². The Morgan fingerprint density at radius 1 is 0.968 bits per heavy atom. The number of hydrogen-bond donors (Lipinski definition) is 1. The van der Waals surface area contributed by atoms with Gasteiger partial charge >= 0.3 is 0 Å². The summed E-state index contributed by atoms with van der Waals surface area (Å²) < 4.78 is 2.19. The van der Waals surface area contributed by atoms with Gasteiger partial charge in [0.1, 0.15) is 0 Å². The van der Waals surface area contributed by atoms with Crippen LogP contribution in [-0.4, -0.2) is 16.9 Å². The Morgan fingerprint density at radius 2 is 1.68 bits per heavy atom. The molecular formula is C27H27ClN2O. The third kappa shape index (κ3) is 4.90. The third-order valence-corrected chi connectivity index (χ3v) is 5.84. The maximum atomic E-state index is 13.8. The highest BCUT2D eigenvalue weighted by Crippen LogP contribution is 2.27. The molecule has 0 saturated carbocycles. The summed E-state index contributed by atoms with van der Waals surface area (Å²) in [5, 5.41) is 5.26. The number of carbonyl (C=O) groups excluding carboxylic acids is 1. The van der Waals surface area contributed by atoms with Gasteiger partial charge in [0, 0.05) is 40.8 Å². The Kier molecular flexibility index (Phi) is 6.86. The van der Waals surface area contributed by atoms with E-state index in [9.17, 15) is 4.79 Å². The first-order valence-corrected chi connectivity index (χ1v) is 11.2. The molecule has 158 valence electrons. The van der Waals surface area contributed by atoms with E-state index >= 15 is 0 Å². The van der Waals surface area contributed by atoms with Gasteiger partial charge < -0.3 is 9.88 Å². The van der Waals surface area contributed by atoms with Crippen LogP contribution in [0.4, 0.5) is 0 Å². The van der Waals surface area contributed by atoms with Crippen LogP contribution in [-0.2, 0) is 13.0 Å². The van der Waals surface area contributed by atoms with Crippen molar-refractivity contribution >= 4 is 28.3 Å². The number of nitrogens with zero attached hydrogens (tertiary/aromatic N) is 1. The Morgan fingerprint density at radius 3 is 2.42 bits per heavy atom. The van der Waals surface area contributed by atoms with E-state index in [2.05, 4.69) is 22.9 Å². The zero-order chi connectivity index (χ0) is 21.6. The molecule has 0 aliphatic heterocycles. The predicted molar refractivity (Wildman–Crippen MR) is 129 cm³/mol. The van der Waals surface area contributed by atoms with Crippen LogP contribution in [0.2, 0.25) is 5.02 Å². The summed E-state index contributed by atoms with van der Waals surface area (Å²) in [6, 6.07) is 25.6. The van der Waals surface area contributed by atoms with E-state index in [4.69, 9.17) is 11.6 Å². The summed E-state index contributed by atoms with van der Waals surface area (Å²) in [7, 11) is 0. The summed E-state index contributed by atoms with van der Waals surface area (Å²) in [4.78, 5) is 13.8.